The van der Waals surface area contributed by atoms with Crippen molar-refractivity contribution >= 4 is 35.1 Å². The Hall–Kier alpha value is -4.21. The van der Waals surface area contributed by atoms with Gasteiger partial charge < -0.3 is 20.1 Å². The highest BCUT2D eigenvalue weighted by molar-refractivity contribution is 6.36. The van der Waals surface area contributed by atoms with Gasteiger partial charge in [-0.25, -0.2) is 4.98 Å². The predicted molar refractivity (Wildman–Crippen MR) is 203 cm³/mol. The van der Waals surface area contributed by atoms with Gasteiger partial charge in [-0.05, 0) is 80.9 Å². The van der Waals surface area contributed by atoms with E-state index in [9.17, 15) is 19.5 Å². The van der Waals surface area contributed by atoms with Crippen molar-refractivity contribution in [2.75, 3.05) is 39.6 Å². The highest BCUT2D eigenvalue weighted by Crippen LogP contribution is 2.45. The highest BCUT2D eigenvalue weighted by atomic mass is 35.5. The fourth-order valence-electron chi connectivity index (χ4n) is 6.61. The number of likely N-dealkylation sites (N-methyl/N-ethyl adjacent to an activating group) is 1. The van der Waals surface area contributed by atoms with Crippen LogP contribution in [0, 0.1) is 12.8 Å². The number of carboxylic acids is 1. The molecule has 0 spiro atoms. The van der Waals surface area contributed by atoms with E-state index in [4.69, 9.17) is 21.3 Å². The molecule has 10 heteroatoms. The number of benzene rings is 2. The number of allylic oxidation sites excluding steroid dienone is 1. The molecule has 50 heavy (non-hydrogen) atoms. The second-order valence-corrected chi connectivity index (χ2v) is 13.2. The fourth-order valence-corrected chi connectivity index (χ4v) is 6.94. The summed E-state index contributed by atoms with van der Waals surface area (Å²) in [4.78, 5) is 46.0. The zero-order valence-electron chi connectivity index (χ0n) is 29.7. The number of halogens is 1. The minimum absolute atomic E-state index is 0. The lowest BCUT2D eigenvalue weighted by Gasteiger charge is -2.35. The Morgan fingerprint density at radius 2 is 1.66 bits per heavy atom. The Kier molecular flexibility index (Phi) is 14.6. The summed E-state index contributed by atoms with van der Waals surface area (Å²) in [6.45, 7) is 9.52. The molecule has 2 aromatic carbocycles. The smallest absolute Gasteiger partial charge is 0.306 e. The Bertz CT molecular complexity index is 1710. The third kappa shape index (κ3) is 8.74. The maximum atomic E-state index is 13.2. The number of amides is 2. The molecule has 0 bridgehead atoms. The van der Waals surface area contributed by atoms with Crippen LogP contribution in [0.15, 0.2) is 54.1 Å². The number of nitrogens with zero attached hydrogens (tertiary/aromatic N) is 3. The number of fused-ring (bicyclic) bond motifs is 1. The van der Waals surface area contributed by atoms with Gasteiger partial charge in [0.05, 0.1) is 23.7 Å². The van der Waals surface area contributed by atoms with E-state index >= 15 is 0 Å². The lowest BCUT2D eigenvalue weighted by molar-refractivity contribution is -0.143. The summed E-state index contributed by atoms with van der Waals surface area (Å²) in [5.41, 5.74) is 6.88. The molecule has 1 atom stereocenters. The normalized spacial score (nSPS) is 16.0. The van der Waals surface area contributed by atoms with Crippen molar-refractivity contribution in [1.82, 2.24) is 14.8 Å². The van der Waals surface area contributed by atoms with Crippen molar-refractivity contribution in [2.45, 2.75) is 79.7 Å². The first-order chi connectivity index (χ1) is 23.5. The van der Waals surface area contributed by atoms with Crippen LogP contribution >= 0.6 is 11.6 Å². The van der Waals surface area contributed by atoms with Gasteiger partial charge in [-0.2, -0.15) is 0 Å². The number of hydrogen-bond acceptors (Lipinski definition) is 6. The standard InChI is InChI=1S/C36H41ClN4O5.C3H8.CH4/c1-6-9-27(35(43)40(3)4)33(42)38-28-13-8-10-24(21(28)2)25-11-7-12-26(32(25)37)29-20-23-14-15-30(31(23)34(39-29)46-5)41-18-16-22(17-19-41)36(44)45;1-3-2;/h7-13,20,22,30H,6,14-19H2,1-5H3,(H,38,42)(H,44,45);3H2,1-2H3;1H4/b27-9-;;. The van der Waals surface area contributed by atoms with Crippen molar-refractivity contribution in [3.05, 3.63) is 75.8 Å². The third-order valence-corrected chi connectivity index (χ3v) is 9.49. The van der Waals surface area contributed by atoms with Crippen LogP contribution < -0.4 is 10.1 Å². The quantitative estimate of drug-likeness (QED) is 0.130. The number of carbonyl (C=O) groups excluding carboxylic acids is 2. The number of aromatic nitrogens is 1. The zero-order chi connectivity index (χ0) is 35.8. The van der Waals surface area contributed by atoms with Gasteiger partial charge in [0.25, 0.3) is 11.8 Å². The topological polar surface area (TPSA) is 112 Å². The first-order valence-corrected chi connectivity index (χ1v) is 17.5. The van der Waals surface area contributed by atoms with Gasteiger partial charge in [-0.15, -0.1) is 0 Å². The van der Waals surface area contributed by atoms with Crippen molar-refractivity contribution in [2.24, 2.45) is 5.92 Å². The summed E-state index contributed by atoms with van der Waals surface area (Å²) in [6, 6.07) is 13.7. The van der Waals surface area contributed by atoms with Crippen molar-refractivity contribution < 1.29 is 24.2 Å². The van der Waals surface area contributed by atoms with E-state index < -0.39 is 11.9 Å². The summed E-state index contributed by atoms with van der Waals surface area (Å²) >= 11 is 7.13. The first-order valence-electron chi connectivity index (χ1n) is 17.1. The number of aliphatic carboxylic acids is 1. The average Bonchev–Trinajstić information content (AvgIpc) is 3.52. The summed E-state index contributed by atoms with van der Waals surface area (Å²) in [5.74, 6) is -1.23. The molecule has 0 radical (unpaired) electrons. The molecule has 2 amide bonds. The minimum Gasteiger partial charge on any atom is -0.481 e. The van der Waals surface area contributed by atoms with Crippen LogP contribution in [0.25, 0.3) is 22.4 Å². The molecule has 3 aromatic rings. The number of rotatable bonds is 9. The monoisotopic (exact) mass is 704 g/mol. The van der Waals surface area contributed by atoms with E-state index in [2.05, 4.69) is 30.1 Å². The second kappa shape index (κ2) is 18.2. The van der Waals surface area contributed by atoms with Crippen LogP contribution in [0.5, 0.6) is 5.88 Å². The van der Waals surface area contributed by atoms with Gasteiger partial charge in [0, 0.05) is 42.5 Å². The maximum absolute atomic E-state index is 13.2. The summed E-state index contributed by atoms with van der Waals surface area (Å²) in [7, 11) is 4.87. The summed E-state index contributed by atoms with van der Waals surface area (Å²) in [6.07, 6.45) is 6.53. The van der Waals surface area contributed by atoms with Crippen molar-refractivity contribution in [1.29, 1.82) is 0 Å². The summed E-state index contributed by atoms with van der Waals surface area (Å²) < 4.78 is 5.85. The van der Waals surface area contributed by atoms with E-state index in [1.54, 1.807) is 27.3 Å². The van der Waals surface area contributed by atoms with E-state index in [1.807, 2.05) is 50.2 Å². The molecule has 1 aliphatic heterocycles. The van der Waals surface area contributed by atoms with Crippen molar-refractivity contribution in [3.8, 4) is 28.3 Å². The van der Waals surface area contributed by atoms with Gasteiger partial charge in [-0.1, -0.05) is 82.6 Å². The van der Waals surface area contributed by atoms with E-state index in [-0.39, 0.29) is 30.9 Å². The number of hydrogen-bond donors (Lipinski definition) is 2. The largest absolute Gasteiger partial charge is 0.481 e. The molecular formula is C40H53ClN4O5. The predicted octanol–water partition coefficient (Wildman–Crippen LogP) is 8.59. The Balaban J connectivity index is 0.00000163. The Morgan fingerprint density at radius 1 is 1.04 bits per heavy atom. The number of piperidine rings is 1. The van der Waals surface area contributed by atoms with Crippen LogP contribution in [0.4, 0.5) is 5.69 Å². The van der Waals surface area contributed by atoms with Crippen LogP contribution in [-0.4, -0.2) is 72.0 Å². The highest BCUT2D eigenvalue weighted by Gasteiger charge is 2.36. The van der Waals surface area contributed by atoms with Crippen LogP contribution in [0.3, 0.4) is 0 Å². The maximum Gasteiger partial charge on any atom is 0.306 e. The number of aryl methyl sites for hydroxylation is 1. The molecule has 2 N–H and O–H groups in total. The molecule has 1 aliphatic carbocycles. The number of ether oxygens (including phenoxy) is 1. The van der Waals surface area contributed by atoms with Crippen LogP contribution in [0.2, 0.25) is 5.02 Å². The van der Waals surface area contributed by atoms with Gasteiger partial charge in [0.2, 0.25) is 5.88 Å². The average molecular weight is 705 g/mol. The molecule has 5 rings (SSSR count). The first kappa shape index (κ1) is 40.2. The third-order valence-electron chi connectivity index (χ3n) is 9.08. The molecule has 0 saturated carbocycles. The zero-order valence-corrected chi connectivity index (χ0v) is 30.5. The molecule has 2 heterocycles. The number of methoxy groups -OCH3 is 1. The SMILES string of the molecule is C.CC/C=C(/C(=O)Nc1cccc(-c2cccc(-c3cc4c(c(OC)n3)C(N3CCC(C(=O)O)CC3)CC4)c2Cl)c1C)C(=O)N(C)C.CCC. The molecule has 9 nitrogen and oxygen atoms in total. The van der Waals surface area contributed by atoms with Crippen LogP contribution in [0.1, 0.15) is 83.0 Å². The molecule has 2 aliphatic rings. The molecule has 1 fully saturated rings. The summed E-state index contributed by atoms with van der Waals surface area (Å²) in [5, 5.41) is 12.9. The number of carbonyl (C=O) groups is 3. The lowest BCUT2D eigenvalue weighted by Crippen LogP contribution is -2.38. The van der Waals surface area contributed by atoms with E-state index in [0.29, 0.717) is 41.5 Å². The van der Waals surface area contributed by atoms with E-state index in [0.717, 1.165) is 59.3 Å². The van der Waals surface area contributed by atoms with Crippen molar-refractivity contribution in [3.63, 3.8) is 0 Å². The number of likely N-dealkylation sites (tertiary alicyclic amines) is 1. The molecule has 1 unspecified atom stereocenters. The second-order valence-electron chi connectivity index (χ2n) is 12.8. The lowest BCUT2D eigenvalue weighted by atomic mass is 9.94. The molecule has 270 valence electrons. The fraction of sp³-hybridized carbons (Fsp3) is 0.450. The van der Waals surface area contributed by atoms with Crippen LogP contribution in [-0.2, 0) is 20.8 Å². The molecule has 1 aromatic heterocycles. The molecule has 1 saturated heterocycles. The number of anilines is 1. The number of nitrogens with one attached hydrogen (secondary N) is 1. The van der Waals surface area contributed by atoms with E-state index in [1.165, 1.54) is 11.3 Å². The van der Waals surface area contributed by atoms with Gasteiger partial charge in [-0.3, -0.25) is 19.3 Å². The number of carboxylic acid groups (broad SMARTS) is 1. The van der Waals surface area contributed by atoms with Gasteiger partial charge in [0.15, 0.2) is 0 Å². The van der Waals surface area contributed by atoms with Gasteiger partial charge >= 0.3 is 5.97 Å². The Morgan fingerprint density at radius 3 is 2.26 bits per heavy atom. The minimum atomic E-state index is -0.712. The molecular weight excluding hydrogens is 652 g/mol. The Labute approximate surface area is 302 Å². The number of pyridine rings is 1. The van der Waals surface area contributed by atoms with Gasteiger partial charge in [0.1, 0.15) is 5.57 Å².